The molecule has 0 aliphatic heterocycles. The van der Waals surface area contributed by atoms with Crippen LogP contribution in [-0.2, 0) is 20.4 Å². The van der Waals surface area contributed by atoms with Crippen molar-refractivity contribution in [1.29, 1.82) is 0 Å². The fraction of sp³-hybridized carbons (Fsp3) is 1.00. The van der Waals surface area contributed by atoms with E-state index in [1.54, 1.807) is 0 Å². The van der Waals surface area contributed by atoms with Crippen LogP contribution in [-0.4, -0.2) is 25.6 Å². The first-order valence-electron chi connectivity index (χ1n) is 2.62. The van der Waals surface area contributed by atoms with Crippen molar-refractivity contribution < 1.29 is 20.4 Å². The van der Waals surface area contributed by atoms with Gasteiger partial charge >= 0.3 is 0 Å². The summed E-state index contributed by atoms with van der Waals surface area (Å²) in [6.07, 6.45) is 1.14. The molecule has 0 rings (SSSR count). The minimum absolute atomic E-state index is 0. The van der Waals surface area contributed by atoms with Gasteiger partial charge < -0.3 is 10.4 Å². The van der Waals surface area contributed by atoms with Gasteiger partial charge in [0.1, 0.15) is 0 Å². The van der Waals surface area contributed by atoms with Crippen LogP contribution in [0.4, 0.5) is 0 Å². The van der Waals surface area contributed by atoms with E-state index >= 15 is 0 Å². The Hall–Kier alpha value is 0.582. The molecule has 0 heterocycles. The molecule has 0 amide bonds. The largest absolute Gasteiger partial charge is 0.595 e. The van der Waals surface area contributed by atoms with Gasteiger partial charge in [0.25, 0.3) is 0 Å². The van der Waals surface area contributed by atoms with Crippen LogP contribution >= 0.6 is 0 Å². The maximum absolute atomic E-state index is 4.08. The van der Waals surface area contributed by atoms with E-state index in [4.69, 9.17) is 0 Å². The van der Waals surface area contributed by atoms with E-state index in [-0.39, 0.29) is 20.4 Å². The molecular formula is C5H13N2Re-. The van der Waals surface area contributed by atoms with Crippen LogP contribution in [0, 0.1) is 0 Å². The van der Waals surface area contributed by atoms with Gasteiger partial charge in [-0.2, -0.15) is 0 Å². The molecule has 0 bridgehead atoms. The van der Waals surface area contributed by atoms with Crippen LogP contribution in [0.5, 0.6) is 0 Å². The van der Waals surface area contributed by atoms with Crippen LogP contribution in [0.2, 0.25) is 0 Å². The fourth-order valence-corrected chi connectivity index (χ4v) is 0.300. The van der Waals surface area contributed by atoms with Gasteiger partial charge in [-0.1, -0.05) is 13.3 Å². The van der Waals surface area contributed by atoms with Crippen molar-refractivity contribution in [3.05, 3.63) is 5.43 Å². The normalized spacial score (nSPS) is 9.00. The second kappa shape index (κ2) is 7.58. The van der Waals surface area contributed by atoms with Crippen LogP contribution in [0.3, 0.4) is 0 Å². The van der Waals surface area contributed by atoms with Gasteiger partial charge in [-0.3, -0.25) is 0 Å². The Morgan fingerprint density at radius 3 is 2.00 bits per heavy atom. The van der Waals surface area contributed by atoms with E-state index in [0.29, 0.717) is 0 Å². The molecule has 0 spiro atoms. The van der Waals surface area contributed by atoms with Gasteiger partial charge in [-0.05, 0) is 14.1 Å². The van der Waals surface area contributed by atoms with Gasteiger partial charge in [0.05, 0.1) is 0 Å². The van der Waals surface area contributed by atoms with E-state index < -0.39 is 0 Å². The van der Waals surface area contributed by atoms with Crippen LogP contribution in [0.15, 0.2) is 0 Å². The monoisotopic (exact) mass is 288 g/mol. The number of rotatable bonds is 3. The summed E-state index contributed by atoms with van der Waals surface area (Å²) in [5.41, 5.74) is 4.08. The Labute approximate surface area is 65.3 Å². The van der Waals surface area contributed by atoms with Gasteiger partial charge in [0.2, 0.25) is 0 Å². The Kier molecular flexibility index (Phi) is 10.8. The van der Waals surface area contributed by atoms with Crippen molar-refractivity contribution >= 4 is 0 Å². The zero-order valence-electron chi connectivity index (χ0n) is 5.69. The number of hydrogen-bond acceptors (Lipinski definition) is 1. The molecule has 0 unspecified atom stereocenters. The van der Waals surface area contributed by atoms with Crippen molar-refractivity contribution in [3.8, 4) is 0 Å². The topological polar surface area (TPSA) is 17.3 Å². The third-order valence-electron chi connectivity index (χ3n) is 0.606. The molecule has 51 valence electrons. The number of hydrogen-bond donors (Lipinski definition) is 0. The van der Waals surface area contributed by atoms with Crippen molar-refractivity contribution in [2.75, 3.05) is 20.6 Å². The molecule has 0 aliphatic carbocycles. The molecule has 1 radical (unpaired) electrons. The van der Waals surface area contributed by atoms with Crippen molar-refractivity contribution in [1.82, 2.24) is 5.01 Å². The van der Waals surface area contributed by atoms with Gasteiger partial charge in [-0.25, -0.2) is 0 Å². The molecule has 2 nitrogen and oxygen atoms in total. The van der Waals surface area contributed by atoms with Crippen molar-refractivity contribution in [2.45, 2.75) is 13.3 Å². The standard InChI is InChI=1S/C5H13N2.Re/c1-4-5-6-7(2)3;/h4-5H2,1-3H3;/q-1;. The predicted molar refractivity (Wildman–Crippen MR) is 32.2 cm³/mol. The van der Waals surface area contributed by atoms with Crippen LogP contribution < -0.4 is 0 Å². The molecular weight excluding hydrogens is 274 g/mol. The molecule has 0 aromatic heterocycles. The molecule has 0 saturated heterocycles. The minimum atomic E-state index is 0. The zero-order valence-corrected chi connectivity index (χ0v) is 8.40. The van der Waals surface area contributed by atoms with E-state index in [9.17, 15) is 0 Å². The molecule has 0 atom stereocenters. The summed E-state index contributed by atoms with van der Waals surface area (Å²) < 4.78 is 0. The molecule has 0 aromatic rings. The van der Waals surface area contributed by atoms with Crippen LogP contribution in [0.25, 0.3) is 5.43 Å². The molecule has 0 N–H and O–H groups in total. The first-order valence-corrected chi connectivity index (χ1v) is 2.62. The molecule has 0 aromatic carbocycles. The van der Waals surface area contributed by atoms with Gasteiger partial charge in [0, 0.05) is 20.4 Å². The molecule has 0 fully saturated rings. The van der Waals surface area contributed by atoms with E-state index in [2.05, 4.69) is 12.3 Å². The third-order valence-corrected chi connectivity index (χ3v) is 0.606. The number of nitrogens with zero attached hydrogens (tertiary/aromatic N) is 2. The van der Waals surface area contributed by atoms with Gasteiger partial charge in [0.15, 0.2) is 0 Å². The maximum atomic E-state index is 4.08. The van der Waals surface area contributed by atoms with E-state index in [0.717, 1.165) is 13.0 Å². The van der Waals surface area contributed by atoms with Gasteiger partial charge in [-0.15, -0.1) is 6.54 Å². The predicted octanol–water partition coefficient (Wildman–Crippen LogP) is 1.24. The summed E-state index contributed by atoms with van der Waals surface area (Å²) in [7, 11) is 3.88. The first-order chi connectivity index (χ1) is 3.27. The average molecular weight is 287 g/mol. The van der Waals surface area contributed by atoms with Crippen LogP contribution in [0.1, 0.15) is 13.3 Å². The maximum Gasteiger partial charge on any atom is 0 e. The molecule has 0 saturated carbocycles. The summed E-state index contributed by atoms with van der Waals surface area (Å²) in [6.45, 7) is 3.07. The second-order valence-electron chi connectivity index (χ2n) is 1.71. The zero-order chi connectivity index (χ0) is 5.70. The fourth-order valence-electron chi connectivity index (χ4n) is 0.300. The Balaban J connectivity index is 0. The Bertz CT molecular complexity index is 39.4. The Morgan fingerprint density at radius 2 is 1.88 bits per heavy atom. The molecule has 3 heteroatoms. The van der Waals surface area contributed by atoms with Crippen molar-refractivity contribution in [3.63, 3.8) is 0 Å². The SMILES string of the molecule is CCC[N-]N(C)C.[Re]. The summed E-state index contributed by atoms with van der Waals surface area (Å²) in [6, 6.07) is 0. The third kappa shape index (κ3) is 9.77. The van der Waals surface area contributed by atoms with E-state index in [1.807, 2.05) is 19.1 Å². The smallest absolute Gasteiger partial charge is 0 e. The minimum Gasteiger partial charge on any atom is -0.595 e. The summed E-state index contributed by atoms with van der Waals surface area (Å²) in [4.78, 5) is 0. The molecule has 8 heavy (non-hydrogen) atoms. The average Bonchev–Trinajstić information content (AvgIpc) is 1.61. The summed E-state index contributed by atoms with van der Waals surface area (Å²) >= 11 is 0. The quantitative estimate of drug-likeness (QED) is 0.714. The first kappa shape index (κ1) is 11.4. The molecule has 0 aliphatic rings. The Morgan fingerprint density at radius 1 is 1.38 bits per heavy atom. The second-order valence-corrected chi connectivity index (χ2v) is 1.71. The summed E-state index contributed by atoms with van der Waals surface area (Å²) in [5.74, 6) is 0. The van der Waals surface area contributed by atoms with Crippen molar-refractivity contribution in [2.24, 2.45) is 0 Å². The summed E-state index contributed by atoms with van der Waals surface area (Å²) in [5, 5.41) is 1.84. The van der Waals surface area contributed by atoms with E-state index in [1.165, 1.54) is 0 Å².